The van der Waals surface area contributed by atoms with Gasteiger partial charge in [-0.3, -0.25) is 0 Å². The van der Waals surface area contributed by atoms with Crippen molar-refractivity contribution in [1.82, 2.24) is 10.2 Å². The number of aromatic nitrogens is 2. The van der Waals surface area contributed by atoms with Crippen molar-refractivity contribution in [3.05, 3.63) is 58.4 Å². The third-order valence-electron chi connectivity index (χ3n) is 3.81. The van der Waals surface area contributed by atoms with Gasteiger partial charge in [-0.05, 0) is 42.8 Å². The zero-order chi connectivity index (χ0) is 18.1. The average Bonchev–Trinajstić information content (AvgIpc) is 3.12. The minimum atomic E-state index is 0.231. The van der Waals surface area contributed by atoms with Crippen molar-refractivity contribution in [1.29, 1.82) is 0 Å². The third-order valence-corrected chi connectivity index (χ3v) is 4.36. The molecule has 0 aliphatic carbocycles. The van der Waals surface area contributed by atoms with Gasteiger partial charge in [0.15, 0.2) is 11.5 Å². The number of hydrogen-bond donors (Lipinski definition) is 0. The van der Waals surface area contributed by atoms with Crippen LogP contribution in [0.2, 0.25) is 5.02 Å². The molecule has 2 heterocycles. The van der Waals surface area contributed by atoms with Crippen molar-refractivity contribution in [2.24, 2.45) is 0 Å². The van der Waals surface area contributed by atoms with Crippen molar-refractivity contribution in [2.45, 2.75) is 6.92 Å². The van der Waals surface area contributed by atoms with E-state index in [-0.39, 0.29) is 5.89 Å². The van der Waals surface area contributed by atoms with Crippen LogP contribution in [0.4, 0.5) is 0 Å². The smallest absolute Gasteiger partial charge is 0.259 e. The molecule has 7 heteroatoms. The van der Waals surface area contributed by atoms with Gasteiger partial charge in [-0.1, -0.05) is 40.9 Å². The van der Waals surface area contributed by atoms with E-state index in [4.69, 9.17) is 37.1 Å². The largest absolute Gasteiger partial charge is 0.486 e. The molecule has 132 valence electrons. The van der Waals surface area contributed by atoms with Gasteiger partial charge in [0.25, 0.3) is 5.89 Å². The van der Waals surface area contributed by atoms with Gasteiger partial charge in [-0.25, -0.2) is 0 Å². The molecule has 26 heavy (non-hydrogen) atoms. The summed E-state index contributed by atoms with van der Waals surface area (Å²) < 4.78 is 16.8. The molecular weight excluding hydrogens is 375 g/mol. The zero-order valence-electron chi connectivity index (χ0n) is 13.8. The Labute approximate surface area is 160 Å². The van der Waals surface area contributed by atoms with Crippen LogP contribution < -0.4 is 9.47 Å². The lowest BCUT2D eigenvalue weighted by atomic mass is 10.1. The summed E-state index contributed by atoms with van der Waals surface area (Å²) in [4.78, 5) is 0. The van der Waals surface area contributed by atoms with E-state index in [1.165, 1.54) is 0 Å². The average molecular weight is 389 g/mol. The Morgan fingerprint density at radius 3 is 2.81 bits per heavy atom. The topological polar surface area (TPSA) is 57.4 Å². The first kappa shape index (κ1) is 16.9. The predicted molar refractivity (Wildman–Crippen MR) is 101 cm³/mol. The summed E-state index contributed by atoms with van der Waals surface area (Å²) in [6.07, 6.45) is 1.69. The molecule has 0 fully saturated rings. The highest BCUT2D eigenvalue weighted by Gasteiger charge is 2.17. The molecule has 0 radical (unpaired) electrons. The Morgan fingerprint density at radius 2 is 1.96 bits per heavy atom. The second-order valence-corrected chi connectivity index (χ2v) is 6.62. The SMILES string of the molecule is Cc1cccc(-c2nnc(/C(Cl)=C/c3cc(Cl)c4c(c3)OCCO4)o2)c1. The first-order valence-corrected chi connectivity index (χ1v) is 8.73. The van der Waals surface area contributed by atoms with Crippen LogP contribution in [0.25, 0.3) is 22.6 Å². The number of halogens is 2. The van der Waals surface area contributed by atoms with Crippen molar-refractivity contribution >= 4 is 34.3 Å². The van der Waals surface area contributed by atoms with E-state index in [0.717, 1.165) is 16.7 Å². The lowest BCUT2D eigenvalue weighted by Crippen LogP contribution is -2.15. The molecule has 0 atom stereocenters. The minimum absolute atomic E-state index is 0.231. The monoisotopic (exact) mass is 388 g/mol. The molecule has 2 aromatic carbocycles. The van der Waals surface area contributed by atoms with Crippen LogP contribution in [0, 0.1) is 6.92 Å². The van der Waals surface area contributed by atoms with Crippen molar-refractivity contribution in [3.63, 3.8) is 0 Å². The summed E-state index contributed by atoms with van der Waals surface area (Å²) in [5.74, 6) is 1.78. The van der Waals surface area contributed by atoms with Crippen LogP contribution in [0.15, 0.2) is 40.8 Å². The number of hydrogen-bond acceptors (Lipinski definition) is 5. The van der Waals surface area contributed by atoms with Gasteiger partial charge in [-0.2, -0.15) is 0 Å². The van der Waals surface area contributed by atoms with Gasteiger partial charge < -0.3 is 13.9 Å². The lowest BCUT2D eigenvalue weighted by molar-refractivity contribution is 0.171. The number of rotatable bonds is 3. The normalized spacial score (nSPS) is 13.7. The summed E-state index contributed by atoms with van der Waals surface area (Å²) >= 11 is 12.6. The summed E-state index contributed by atoms with van der Waals surface area (Å²) in [5, 5.41) is 8.86. The van der Waals surface area contributed by atoms with Crippen LogP contribution in [-0.4, -0.2) is 23.4 Å². The van der Waals surface area contributed by atoms with Gasteiger partial charge >= 0.3 is 0 Å². The number of aryl methyl sites for hydroxylation is 1. The van der Waals surface area contributed by atoms with Gasteiger partial charge in [0.05, 0.1) is 5.02 Å². The molecule has 1 aromatic heterocycles. The maximum atomic E-state index is 6.36. The number of benzene rings is 2. The molecule has 0 unspecified atom stereocenters. The molecule has 0 spiro atoms. The maximum Gasteiger partial charge on any atom is 0.259 e. The molecule has 0 saturated heterocycles. The third kappa shape index (κ3) is 3.41. The molecule has 4 rings (SSSR count). The first-order chi connectivity index (χ1) is 12.6. The second kappa shape index (κ2) is 7.02. The van der Waals surface area contributed by atoms with Crippen LogP contribution in [0.3, 0.4) is 0 Å². The van der Waals surface area contributed by atoms with Gasteiger partial charge in [0.1, 0.15) is 18.2 Å². The standard InChI is InChI=1S/C19H14Cl2N2O3/c1-11-3-2-4-13(7-11)18-22-23-19(26-18)15(21)9-12-8-14(20)17-16(10-12)24-5-6-25-17/h2-4,7-10H,5-6H2,1H3/b15-9-. The Kier molecular flexibility index (Phi) is 4.57. The second-order valence-electron chi connectivity index (χ2n) is 5.80. The van der Waals surface area contributed by atoms with E-state index in [1.54, 1.807) is 18.2 Å². The fourth-order valence-corrected chi connectivity index (χ4v) is 3.11. The van der Waals surface area contributed by atoms with E-state index < -0.39 is 0 Å². The maximum absolute atomic E-state index is 6.36. The van der Waals surface area contributed by atoms with E-state index in [2.05, 4.69) is 10.2 Å². The Morgan fingerprint density at radius 1 is 1.12 bits per heavy atom. The van der Waals surface area contributed by atoms with Crippen molar-refractivity contribution in [3.8, 4) is 23.0 Å². The van der Waals surface area contributed by atoms with Crippen molar-refractivity contribution < 1.29 is 13.9 Å². The summed E-state index contributed by atoms with van der Waals surface area (Å²) in [6, 6.07) is 11.4. The quantitative estimate of drug-likeness (QED) is 0.616. The summed E-state index contributed by atoms with van der Waals surface area (Å²) in [6.45, 7) is 2.96. The van der Waals surface area contributed by atoms with Crippen LogP contribution in [-0.2, 0) is 0 Å². The van der Waals surface area contributed by atoms with E-state index in [9.17, 15) is 0 Å². The number of ether oxygens (including phenoxy) is 2. The molecule has 0 amide bonds. The Hall–Kier alpha value is -2.50. The molecule has 0 saturated carbocycles. The van der Waals surface area contributed by atoms with Crippen LogP contribution in [0.1, 0.15) is 17.0 Å². The highest BCUT2D eigenvalue weighted by Crippen LogP contribution is 2.39. The predicted octanol–water partition coefficient (Wildman–Crippen LogP) is 5.21. The molecule has 1 aliphatic heterocycles. The van der Waals surface area contributed by atoms with Gasteiger partial charge in [0.2, 0.25) is 5.89 Å². The van der Waals surface area contributed by atoms with Crippen LogP contribution >= 0.6 is 23.2 Å². The number of fused-ring (bicyclic) bond motifs is 1. The summed E-state index contributed by atoms with van der Waals surface area (Å²) in [7, 11) is 0. The van der Waals surface area contributed by atoms with E-state index in [0.29, 0.717) is 40.7 Å². The van der Waals surface area contributed by atoms with Gasteiger partial charge in [-0.15, -0.1) is 10.2 Å². The molecule has 3 aromatic rings. The molecule has 0 N–H and O–H groups in total. The highest BCUT2D eigenvalue weighted by molar-refractivity contribution is 6.50. The minimum Gasteiger partial charge on any atom is -0.486 e. The van der Waals surface area contributed by atoms with Gasteiger partial charge in [0, 0.05) is 5.56 Å². The first-order valence-electron chi connectivity index (χ1n) is 7.97. The lowest BCUT2D eigenvalue weighted by Gasteiger charge is -2.19. The van der Waals surface area contributed by atoms with E-state index in [1.807, 2.05) is 31.2 Å². The molecule has 5 nitrogen and oxygen atoms in total. The summed E-state index contributed by atoms with van der Waals surface area (Å²) in [5.41, 5.74) is 2.70. The molecule has 1 aliphatic rings. The fraction of sp³-hybridized carbons (Fsp3) is 0.158. The Bertz CT molecular complexity index is 998. The Balaban J connectivity index is 1.64. The van der Waals surface area contributed by atoms with Crippen LogP contribution in [0.5, 0.6) is 11.5 Å². The fourth-order valence-electron chi connectivity index (χ4n) is 2.64. The van der Waals surface area contributed by atoms with E-state index >= 15 is 0 Å². The molecular formula is C19H14Cl2N2O3. The highest BCUT2D eigenvalue weighted by atomic mass is 35.5. The van der Waals surface area contributed by atoms with Crippen molar-refractivity contribution in [2.75, 3.05) is 13.2 Å². The molecule has 0 bridgehead atoms. The zero-order valence-corrected chi connectivity index (χ0v) is 15.3. The number of nitrogens with zero attached hydrogens (tertiary/aromatic N) is 2.